The first-order valence-corrected chi connectivity index (χ1v) is 7.86. The summed E-state index contributed by atoms with van der Waals surface area (Å²) in [7, 11) is 1.69. The first-order valence-electron chi connectivity index (χ1n) is 7.42. The molecule has 2 aromatic rings. The van der Waals surface area contributed by atoms with Crippen molar-refractivity contribution in [1.82, 2.24) is 9.55 Å². The molecule has 21 heavy (non-hydrogen) atoms. The van der Waals surface area contributed by atoms with Crippen LogP contribution in [-0.2, 0) is 6.54 Å². The SMILES string of the molecule is COc1ccc2nc(C(C)Cl)n(CC(C)C(C)(C)C)c2c1. The second kappa shape index (κ2) is 5.88. The van der Waals surface area contributed by atoms with E-state index in [1.54, 1.807) is 7.11 Å². The fraction of sp³-hybridized carbons (Fsp3) is 0.588. The summed E-state index contributed by atoms with van der Waals surface area (Å²) in [4.78, 5) is 4.70. The molecule has 0 aliphatic heterocycles. The number of methoxy groups -OCH3 is 1. The molecule has 0 bridgehead atoms. The number of hydrogen-bond donors (Lipinski definition) is 0. The fourth-order valence-electron chi connectivity index (χ4n) is 2.29. The predicted molar refractivity (Wildman–Crippen MR) is 89.2 cm³/mol. The number of rotatable bonds is 4. The van der Waals surface area contributed by atoms with E-state index in [-0.39, 0.29) is 10.8 Å². The minimum atomic E-state index is -0.115. The molecule has 0 fully saturated rings. The number of aromatic nitrogens is 2. The predicted octanol–water partition coefficient (Wildman–Crippen LogP) is 5.03. The Balaban J connectivity index is 2.54. The molecule has 0 aliphatic rings. The molecule has 0 aliphatic carbocycles. The van der Waals surface area contributed by atoms with Crippen LogP contribution in [0.25, 0.3) is 11.0 Å². The van der Waals surface area contributed by atoms with Crippen molar-refractivity contribution in [2.75, 3.05) is 7.11 Å². The highest BCUT2D eigenvalue weighted by molar-refractivity contribution is 6.20. The number of ether oxygens (including phenoxy) is 1. The summed E-state index contributed by atoms with van der Waals surface area (Å²) in [6, 6.07) is 5.98. The number of benzene rings is 1. The molecule has 2 unspecified atom stereocenters. The van der Waals surface area contributed by atoms with Crippen LogP contribution in [0.3, 0.4) is 0 Å². The summed E-state index contributed by atoms with van der Waals surface area (Å²) >= 11 is 6.34. The van der Waals surface area contributed by atoms with Crippen LogP contribution in [0, 0.1) is 11.3 Å². The van der Waals surface area contributed by atoms with E-state index in [1.807, 2.05) is 25.1 Å². The van der Waals surface area contributed by atoms with E-state index in [9.17, 15) is 0 Å². The van der Waals surface area contributed by atoms with Gasteiger partial charge in [0.1, 0.15) is 11.6 Å². The highest BCUT2D eigenvalue weighted by Crippen LogP contribution is 2.32. The molecule has 1 aromatic carbocycles. The lowest BCUT2D eigenvalue weighted by Crippen LogP contribution is -2.23. The molecular weight excluding hydrogens is 284 g/mol. The Kier molecular flexibility index (Phi) is 4.52. The quantitative estimate of drug-likeness (QED) is 0.741. The van der Waals surface area contributed by atoms with Crippen LogP contribution in [0.15, 0.2) is 18.2 Å². The molecule has 2 rings (SSSR count). The van der Waals surface area contributed by atoms with Gasteiger partial charge in [0.15, 0.2) is 0 Å². The molecule has 1 heterocycles. The van der Waals surface area contributed by atoms with Crippen LogP contribution in [0.2, 0.25) is 0 Å². The molecule has 0 spiro atoms. The van der Waals surface area contributed by atoms with Gasteiger partial charge in [0.25, 0.3) is 0 Å². The molecule has 0 N–H and O–H groups in total. The maximum absolute atomic E-state index is 6.34. The number of hydrogen-bond acceptors (Lipinski definition) is 2. The minimum Gasteiger partial charge on any atom is -0.497 e. The monoisotopic (exact) mass is 308 g/mol. The van der Waals surface area contributed by atoms with Gasteiger partial charge in [0, 0.05) is 12.6 Å². The van der Waals surface area contributed by atoms with E-state index in [2.05, 4.69) is 32.3 Å². The lowest BCUT2D eigenvalue weighted by Gasteiger charge is -2.28. The van der Waals surface area contributed by atoms with Gasteiger partial charge in [-0.3, -0.25) is 0 Å². The Morgan fingerprint density at radius 3 is 2.48 bits per heavy atom. The highest BCUT2D eigenvalue weighted by atomic mass is 35.5. The van der Waals surface area contributed by atoms with Gasteiger partial charge in [-0.15, -0.1) is 11.6 Å². The normalized spacial score (nSPS) is 15.2. The van der Waals surface area contributed by atoms with Gasteiger partial charge < -0.3 is 9.30 Å². The second-order valence-corrected chi connectivity index (χ2v) is 7.47. The summed E-state index contributed by atoms with van der Waals surface area (Å²) in [5, 5.41) is -0.115. The van der Waals surface area contributed by atoms with Crippen molar-refractivity contribution >= 4 is 22.6 Å². The summed E-state index contributed by atoms with van der Waals surface area (Å²) in [6.45, 7) is 11.9. The van der Waals surface area contributed by atoms with Crippen LogP contribution in [0.5, 0.6) is 5.75 Å². The first kappa shape index (κ1) is 16.2. The number of halogens is 1. The standard InChI is InChI=1S/C17H25ClN2O/c1-11(17(3,4)5)10-20-15-9-13(21-6)7-8-14(15)19-16(20)12(2)18/h7-9,11-12H,10H2,1-6H3. The van der Waals surface area contributed by atoms with Crippen molar-refractivity contribution < 1.29 is 4.74 Å². The third-order valence-corrected chi connectivity index (χ3v) is 4.47. The molecule has 3 nitrogen and oxygen atoms in total. The average molecular weight is 309 g/mol. The van der Waals surface area contributed by atoms with Gasteiger partial charge in [-0.05, 0) is 30.4 Å². The smallest absolute Gasteiger partial charge is 0.127 e. The van der Waals surface area contributed by atoms with Gasteiger partial charge in [0.05, 0.1) is 23.5 Å². The average Bonchev–Trinajstić information content (AvgIpc) is 2.76. The summed E-state index contributed by atoms with van der Waals surface area (Å²) in [5.74, 6) is 2.28. The zero-order chi connectivity index (χ0) is 15.8. The Morgan fingerprint density at radius 2 is 1.95 bits per heavy atom. The van der Waals surface area contributed by atoms with Crippen molar-refractivity contribution in [3.63, 3.8) is 0 Å². The molecule has 0 amide bonds. The maximum Gasteiger partial charge on any atom is 0.127 e. The first-order chi connectivity index (χ1) is 9.74. The molecule has 2 atom stereocenters. The van der Waals surface area contributed by atoms with Crippen molar-refractivity contribution in [2.45, 2.75) is 46.5 Å². The van der Waals surface area contributed by atoms with E-state index < -0.39 is 0 Å². The fourth-order valence-corrected chi connectivity index (χ4v) is 2.46. The lowest BCUT2D eigenvalue weighted by molar-refractivity contribution is 0.233. The largest absolute Gasteiger partial charge is 0.497 e. The summed E-state index contributed by atoms with van der Waals surface area (Å²) < 4.78 is 7.59. The summed E-state index contributed by atoms with van der Waals surface area (Å²) in [5.41, 5.74) is 2.30. The Morgan fingerprint density at radius 1 is 1.29 bits per heavy atom. The van der Waals surface area contributed by atoms with Gasteiger partial charge in [-0.25, -0.2) is 4.98 Å². The van der Waals surface area contributed by atoms with E-state index in [1.165, 1.54) is 0 Å². The minimum absolute atomic E-state index is 0.115. The maximum atomic E-state index is 6.34. The van der Waals surface area contributed by atoms with Crippen LogP contribution < -0.4 is 4.74 Å². The van der Waals surface area contributed by atoms with Crippen LogP contribution in [0.4, 0.5) is 0 Å². The Hall–Kier alpha value is -1.22. The van der Waals surface area contributed by atoms with E-state index in [4.69, 9.17) is 21.3 Å². The van der Waals surface area contributed by atoms with Crippen molar-refractivity contribution in [1.29, 1.82) is 0 Å². The topological polar surface area (TPSA) is 27.1 Å². The lowest BCUT2D eigenvalue weighted by atomic mass is 9.82. The second-order valence-electron chi connectivity index (χ2n) is 6.82. The molecule has 116 valence electrons. The third-order valence-electron chi connectivity index (χ3n) is 4.28. The van der Waals surface area contributed by atoms with E-state index >= 15 is 0 Å². The molecule has 0 radical (unpaired) electrons. The number of imidazole rings is 1. The van der Waals surface area contributed by atoms with E-state index in [0.29, 0.717) is 5.92 Å². The Labute approximate surface area is 132 Å². The number of alkyl halides is 1. The number of nitrogens with zero attached hydrogens (tertiary/aromatic N) is 2. The molecule has 1 aromatic heterocycles. The zero-order valence-corrected chi connectivity index (χ0v) is 14.5. The summed E-state index contributed by atoms with van der Waals surface area (Å²) in [6.07, 6.45) is 0. The molecule has 0 saturated carbocycles. The van der Waals surface area contributed by atoms with Crippen LogP contribution in [0.1, 0.15) is 45.8 Å². The van der Waals surface area contributed by atoms with E-state index in [0.717, 1.165) is 29.2 Å². The molecule has 4 heteroatoms. The van der Waals surface area contributed by atoms with Gasteiger partial charge in [0.2, 0.25) is 0 Å². The van der Waals surface area contributed by atoms with Gasteiger partial charge >= 0.3 is 0 Å². The number of fused-ring (bicyclic) bond motifs is 1. The van der Waals surface area contributed by atoms with Crippen molar-refractivity contribution in [2.24, 2.45) is 11.3 Å². The third kappa shape index (κ3) is 3.34. The Bertz CT molecular complexity index is 625. The zero-order valence-electron chi connectivity index (χ0n) is 13.8. The highest BCUT2D eigenvalue weighted by Gasteiger charge is 2.24. The van der Waals surface area contributed by atoms with Gasteiger partial charge in [-0.2, -0.15) is 0 Å². The van der Waals surface area contributed by atoms with Crippen LogP contribution >= 0.6 is 11.6 Å². The van der Waals surface area contributed by atoms with Gasteiger partial charge in [-0.1, -0.05) is 27.7 Å². The van der Waals surface area contributed by atoms with Crippen molar-refractivity contribution in [3.05, 3.63) is 24.0 Å². The molecular formula is C17H25ClN2O. The van der Waals surface area contributed by atoms with Crippen molar-refractivity contribution in [3.8, 4) is 5.75 Å². The molecule has 0 saturated heterocycles. The van der Waals surface area contributed by atoms with Crippen LogP contribution in [-0.4, -0.2) is 16.7 Å².